The summed E-state index contributed by atoms with van der Waals surface area (Å²) in [4.78, 5) is 12.4. The molecule has 5 N–H and O–H groups in total. The summed E-state index contributed by atoms with van der Waals surface area (Å²) >= 11 is 0. The van der Waals surface area contributed by atoms with Gasteiger partial charge in [0.1, 0.15) is 4.90 Å². The predicted molar refractivity (Wildman–Crippen MR) is 129 cm³/mol. The highest BCUT2D eigenvalue weighted by Crippen LogP contribution is 2.41. The lowest BCUT2D eigenvalue weighted by Crippen LogP contribution is -2.51. The Kier molecular flexibility index (Phi) is 7.39. The van der Waals surface area contributed by atoms with Crippen LogP contribution in [0.4, 0.5) is 13.2 Å². The number of carbonyl (C=O) groups is 1. The van der Waals surface area contributed by atoms with Crippen molar-refractivity contribution in [2.24, 2.45) is 5.14 Å². The number of hydrogen-bond acceptors (Lipinski definition) is 10. The number of aliphatic carboxylic acids is 1. The molecule has 5 rings (SSSR count). The van der Waals surface area contributed by atoms with E-state index in [0.717, 1.165) is 5.39 Å². The average molecular weight is 586 g/mol. The number of carboxylic acids is 1. The highest BCUT2D eigenvalue weighted by molar-refractivity contribution is 7.94. The first-order valence-electron chi connectivity index (χ1n) is 10.8. The van der Waals surface area contributed by atoms with Crippen molar-refractivity contribution in [2.45, 2.75) is 21.2 Å². The normalized spacial score (nSPS) is 14.4. The Labute approximate surface area is 218 Å². The first-order valence-corrected chi connectivity index (χ1v) is 13.8. The number of fused-ring (bicyclic) bond motifs is 1. The van der Waals surface area contributed by atoms with Gasteiger partial charge in [-0.05, 0) is 22.9 Å². The SMILES string of the molecule is NS(=O)(=O)c1c(S(=O)(=O)C2CNC2)ccc(-c2cccc3cccnc23)c1-c1nn[nH]n1.O=C(O)C(F)(F)F. The molecule has 1 aliphatic heterocycles. The molecule has 0 radical (unpaired) electrons. The van der Waals surface area contributed by atoms with Crippen LogP contribution in [-0.4, -0.2) is 78.0 Å². The van der Waals surface area contributed by atoms with E-state index in [2.05, 4.69) is 30.9 Å². The number of nitrogens with two attached hydrogens (primary N) is 1. The average Bonchev–Trinajstić information content (AvgIpc) is 3.35. The number of pyridine rings is 1. The van der Waals surface area contributed by atoms with Crippen molar-refractivity contribution in [2.75, 3.05) is 13.1 Å². The Morgan fingerprint density at radius 3 is 2.23 bits per heavy atom. The summed E-state index contributed by atoms with van der Waals surface area (Å²) in [7, 11) is -8.51. The third-order valence-electron chi connectivity index (χ3n) is 5.63. The molecule has 39 heavy (non-hydrogen) atoms. The van der Waals surface area contributed by atoms with Crippen LogP contribution in [0.15, 0.2) is 58.5 Å². The van der Waals surface area contributed by atoms with Gasteiger partial charge in [-0.2, -0.15) is 18.4 Å². The van der Waals surface area contributed by atoms with Gasteiger partial charge >= 0.3 is 12.1 Å². The Morgan fingerprint density at radius 1 is 1.03 bits per heavy atom. The molecule has 1 aliphatic rings. The number of benzene rings is 2. The number of nitrogens with zero attached hydrogens (tertiary/aromatic N) is 4. The van der Waals surface area contributed by atoms with Crippen LogP contribution in [0.2, 0.25) is 0 Å². The maximum Gasteiger partial charge on any atom is 0.490 e. The first-order chi connectivity index (χ1) is 18.2. The number of aromatic nitrogens is 5. The molecule has 2 aromatic heterocycles. The second kappa shape index (κ2) is 10.3. The molecule has 1 saturated heterocycles. The number of H-pyrrole nitrogens is 1. The maximum absolute atomic E-state index is 13.2. The summed E-state index contributed by atoms with van der Waals surface area (Å²) < 4.78 is 83.8. The van der Waals surface area contributed by atoms with E-state index >= 15 is 0 Å². The van der Waals surface area contributed by atoms with E-state index < -0.39 is 42.2 Å². The summed E-state index contributed by atoms with van der Waals surface area (Å²) in [5.41, 5.74) is 1.49. The van der Waals surface area contributed by atoms with Gasteiger partial charge in [-0.15, -0.1) is 10.2 Å². The van der Waals surface area contributed by atoms with Crippen LogP contribution < -0.4 is 10.5 Å². The second-order valence-electron chi connectivity index (χ2n) is 8.10. The number of nitrogens with one attached hydrogen (secondary N) is 2. The van der Waals surface area contributed by atoms with Crippen LogP contribution in [0.5, 0.6) is 0 Å². The summed E-state index contributed by atoms with van der Waals surface area (Å²) in [6, 6.07) is 11.9. The Hall–Kier alpha value is -4.00. The monoisotopic (exact) mass is 585 g/mol. The molecule has 206 valence electrons. The number of halogens is 3. The molecule has 0 atom stereocenters. The summed E-state index contributed by atoms with van der Waals surface area (Å²) in [5, 5.41) is 29.3. The summed E-state index contributed by atoms with van der Waals surface area (Å²) in [5.74, 6) is -2.85. The zero-order valence-electron chi connectivity index (χ0n) is 19.4. The Balaban J connectivity index is 0.000000448. The van der Waals surface area contributed by atoms with Gasteiger partial charge in [0.15, 0.2) is 9.84 Å². The second-order valence-corrected chi connectivity index (χ2v) is 11.8. The fourth-order valence-electron chi connectivity index (χ4n) is 3.77. The minimum absolute atomic E-state index is 0.0484. The lowest BCUT2D eigenvalue weighted by atomic mass is 9.96. The smallest absolute Gasteiger partial charge is 0.475 e. The number of rotatable bonds is 5. The van der Waals surface area contributed by atoms with E-state index in [9.17, 15) is 30.0 Å². The first kappa shape index (κ1) is 28.0. The van der Waals surface area contributed by atoms with Crippen molar-refractivity contribution < 1.29 is 39.9 Å². The third-order valence-corrected chi connectivity index (χ3v) is 8.92. The molecule has 0 unspecified atom stereocenters. The van der Waals surface area contributed by atoms with Crippen LogP contribution in [0.1, 0.15) is 0 Å². The lowest BCUT2D eigenvalue weighted by molar-refractivity contribution is -0.192. The van der Waals surface area contributed by atoms with E-state index in [4.69, 9.17) is 15.0 Å². The van der Waals surface area contributed by atoms with E-state index in [1.807, 2.05) is 12.1 Å². The van der Waals surface area contributed by atoms with E-state index in [-0.39, 0.29) is 29.4 Å². The zero-order valence-corrected chi connectivity index (χ0v) is 21.0. The van der Waals surface area contributed by atoms with Crippen molar-refractivity contribution in [1.29, 1.82) is 0 Å². The molecule has 18 heteroatoms. The van der Waals surface area contributed by atoms with Crippen LogP contribution in [-0.2, 0) is 24.7 Å². The molecular formula is C21H18F3N7O6S2. The molecule has 4 aromatic rings. The van der Waals surface area contributed by atoms with Crippen molar-refractivity contribution in [3.8, 4) is 22.5 Å². The standard InChI is InChI=1S/C19H17N7O4S2.C2HF3O2/c20-32(29,30)18-15(31(27,28)12-9-21-10-12)7-6-13(16(18)19-23-25-26-24-19)14-5-1-3-11-4-2-8-22-17(11)14;3-2(4,5)1(6)7/h1-8,12,21H,9-10H2,(H2,20,29,30)(H,23,24,25,26);(H,6,7). The minimum Gasteiger partial charge on any atom is -0.475 e. The molecule has 1 fully saturated rings. The van der Waals surface area contributed by atoms with Gasteiger partial charge in [0.25, 0.3) is 0 Å². The largest absolute Gasteiger partial charge is 0.490 e. The highest BCUT2D eigenvalue weighted by atomic mass is 32.2. The van der Waals surface area contributed by atoms with Gasteiger partial charge in [0.05, 0.1) is 21.2 Å². The number of sulfonamides is 1. The van der Waals surface area contributed by atoms with Gasteiger partial charge in [0.2, 0.25) is 15.8 Å². The molecule has 0 aliphatic carbocycles. The molecule has 0 amide bonds. The molecule has 0 saturated carbocycles. The number of carboxylic acid groups (broad SMARTS) is 1. The van der Waals surface area contributed by atoms with Gasteiger partial charge in [-0.3, -0.25) is 4.98 Å². The quantitative estimate of drug-likeness (QED) is 0.260. The van der Waals surface area contributed by atoms with Crippen LogP contribution >= 0.6 is 0 Å². The Morgan fingerprint density at radius 2 is 1.69 bits per heavy atom. The molecule has 13 nitrogen and oxygen atoms in total. The predicted octanol–water partition coefficient (Wildman–Crippen LogP) is 1.11. The van der Waals surface area contributed by atoms with Crippen molar-refractivity contribution in [3.63, 3.8) is 0 Å². The number of alkyl halides is 3. The van der Waals surface area contributed by atoms with Crippen molar-refractivity contribution >= 4 is 36.7 Å². The van der Waals surface area contributed by atoms with Crippen molar-refractivity contribution in [3.05, 3.63) is 48.7 Å². The zero-order chi connectivity index (χ0) is 28.6. The van der Waals surface area contributed by atoms with Crippen LogP contribution in [0.3, 0.4) is 0 Å². The van der Waals surface area contributed by atoms with Crippen LogP contribution in [0, 0.1) is 0 Å². The van der Waals surface area contributed by atoms with E-state index in [1.54, 1.807) is 24.4 Å². The van der Waals surface area contributed by atoms with Gasteiger partial charge in [-0.1, -0.05) is 30.3 Å². The summed E-state index contributed by atoms with van der Waals surface area (Å²) in [6.07, 6.45) is -3.47. The molecule has 3 heterocycles. The lowest BCUT2D eigenvalue weighted by Gasteiger charge is -2.28. The van der Waals surface area contributed by atoms with Crippen LogP contribution in [0.25, 0.3) is 33.4 Å². The van der Waals surface area contributed by atoms with Gasteiger partial charge in [-0.25, -0.2) is 26.8 Å². The van der Waals surface area contributed by atoms with E-state index in [1.165, 1.54) is 12.1 Å². The number of tetrazole rings is 1. The summed E-state index contributed by atoms with van der Waals surface area (Å²) in [6.45, 7) is 0.442. The molecule has 2 aromatic carbocycles. The number of sulfone groups is 1. The molecular weight excluding hydrogens is 567 g/mol. The van der Waals surface area contributed by atoms with Gasteiger partial charge < -0.3 is 10.4 Å². The number of para-hydroxylation sites is 1. The molecule has 0 bridgehead atoms. The van der Waals surface area contributed by atoms with Gasteiger partial charge in [0, 0.05) is 30.2 Å². The maximum atomic E-state index is 13.2. The highest BCUT2D eigenvalue weighted by Gasteiger charge is 2.39. The number of aromatic amines is 1. The topological polar surface area (TPSA) is 211 Å². The minimum atomic E-state index is -5.08. The fraction of sp³-hybridized carbons (Fsp3) is 0.190. The van der Waals surface area contributed by atoms with Crippen molar-refractivity contribution in [1.82, 2.24) is 30.9 Å². The van der Waals surface area contributed by atoms with E-state index in [0.29, 0.717) is 16.6 Å². The number of hydrogen-bond donors (Lipinski definition) is 4. The number of primary sulfonamides is 1. The third kappa shape index (κ3) is 5.58. The fourth-order valence-corrected chi connectivity index (χ4v) is 6.95. The molecule has 0 spiro atoms. The Bertz CT molecular complexity index is 1750.